The van der Waals surface area contributed by atoms with Gasteiger partial charge in [-0.2, -0.15) is 0 Å². The van der Waals surface area contributed by atoms with Crippen molar-refractivity contribution in [2.45, 2.75) is 39.3 Å². The molecule has 1 aliphatic heterocycles. The van der Waals surface area contributed by atoms with Crippen molar-refractivity contribution < 1.29 is 4.79 Å². The Morgan fingerprint density at radius 3 is 2.78 bits per heavy atom. The SMILES string of the molecule is CC1C(=O)CCN(C(C)c2cccc(Cl)c2)C1C. The van der Waals surface area contributed by atoms with Gasteiger partial charge in [0.1, 0.15) is 5.78 Å². The molecule has 1 aromatic rings. The normalized spacial score (nSPS) is 27.2. The highest BCUT2D eigenvalue weighted by atomic mass is 35.5. The minimum absolute atomic E-state index is 0.125. The molecule has 0 N–H and O–H groups in total. The zero-order valence-electron chi connectivity index (χ0n) is 11.2. The van der Waals surface area contributed by atoms with Crippen LogP contribution in [0.2, 0.25) is 5.02 Å². The number of halogens is 1. The summed E-state index contributed by atoms with van der Waals surface area (Å²) < 4.78 is 0. The zero-order valence-corrected chi connectivity index (χ0v) is 11.9. The first-order chi connectivity index (χ1) is 8.50. The maximum atomic E-state index is 11.7. The van der Waals surface area contributed by atoms with E-state index in [9.17, 15) is 4.79 Å². The van der Waals surface area contributed by atoms with E-state index < -0.39 is 0 Å². The third kappa shape index (κ3) is 2.60. The van der Waals surface area contributed by atoms with E-state index >= 15 is 0 Å². The molecule has 1 heterocycles. The van der Waals surface area contributed by atoms with Crippen LogP contribution in [0.5, 0.6) is 0 Å². The van der Waals surface area contributed by atoms with Gasteiger partial charge in [0.05, 0.1) is 0 Å². The van der Waals surface area contributed by atoms with E-state index in [4.69, 9.17) is 11.6 Å². The molecular formula is C15H20ClNO. The van der Waals surface area contributed by atoms with Crippen molar-refractivity contribution in [3.05, 3.63) is 34.9 Å². The van der Waals surface area contributed by atoms with Crippen LogP contribution in [-0.2, 0) is 4.79 Å². The second kappa shape index (κ2) is 5.41. The number of piperidine rings is 1. The monoisotopic (exact) mass is 265 g/mol. The highest BCUT2D eigenvalue weighted by Crippen LogP contribution is 2.30. The molecule has 98 valence electrons. The molecule has 18 heavy (non-hydrogen) atoms. The minimum Gasteiger partial charge on any atom is -0.299 e. The highest BCUT2D eigenvalue weighted by Gasteiger charge is 2.33. The molecule has 2 rings (SSSR count). The van der Waals surface area contributed by atoms with Gasteiger partial charge >= 0.3 is 0 Å². The van der Waals surface area contributed by atoms with Crippen molar-refractivity contribution in [2.24, 2.45) is 5.92 Å². The summed E-state index contributed by atoms with van der Waals surface area (Å²) in [5.41, 5.74) is 1.22. The quantitative estimate of drug-likeness (QED) is 0.813. The van der Waals surface area contributed by atoms with Gasteiger partial charge < -0.3 is 0 Å². The van der Waals surface area contributed by atoms with Gasteiger partial charge in [-0.25, -0.2) is 0 Å². The molecule has 0 saturated carbocycles. The van der Waals surface area contributed by atoms with Crippen molar-refractivity contribution in [1.29, 1.82) is 0 Å². The summed E-state index contributed by atoms with van der Waals surface area (Å²) in [7, 11) is 0. The van der Waals surface area contributed by atoms with Gasteiger partial charge in [0.2, 0.25) is 0 Å². The number of benzene rings is 1. The molecule has 0 spiro atoms. The number of hydrogen-bond acceptors (Lipinski definition) is 2. The lowest BCUT2D eigenvalue weighted by atomic mass is 9.88. The maximum Gasteiger partial charge on any atom is 0.138 e. The van der Waals surface area contributed by atoms with Crippen LogP contribution in [0.3, 0.4) is 0 Å². The summed E-state index contributed by atoms with van der Waals surface area (Å²) in [5.74, 6) is 0.512. The summed E-state index contributed by atoms with van der Waals surface area (Å²) in [5, 5.41) is 0.771. The predicted octanol–water partition coefficient (Wildman–Crippen LogP) is 3.70. The van der Waals surface area contributed by atoms with Crippen molar-refractivity contribution >= 4 is 17.4 Å². The van der Waals surface area contributed by atoms with Crippen LogP contribution in [0.15, 0.2) is 24.3 Å². The van der Waals surface area contributed by atoms with Crippen LogP contribution in [0.1, 0.15) is 38.8 Å². The number of likely N-dealkylation sites (tertiary alicyclic amines) is 1. The Morgan fingerprint density at radius 2 is 2.11 bits per heavy atom. The second-order valence-corrected chi connectivity index (χ2v) is 5.65. The minimum atomic E-state index is 0.125. The molecule has 0 aliphatic carbocycles. The van der Waals surface area contributed by atoms with Gasteiger partial charge in [-0.1, -0.05) is 30.7 Å². The number of nitrogens with zero attached hydrogens (tertiary/aromatic N) is 1. The number of hydrogen-bond donors (Lipinski definition) is 0. The average Bonchev–Trinajstić information content (AvgIpc) is 2.35. The Bertz CT molecular complexity index is 446. The number of ketones is 1. The van der Waals surface area contributed by atoms with E-state index in [1.54, 1.807) is 0 Å². The fraction of sp³-hybridized carbons (Fsp3) is 0.533. The molecular weight excluding hydrogens is 246 g/mol. The summed E-state index contributed by atoms with van der Waals surface area (Å²) >= 11 is 6.04. The Labute approximate surface area is 114 Å². The van der Waals surface area contributed by atoms with E-state index in [-0.39, 0.29) is 5.92 Å². The fourth-order valence-electron chi connectivity index (χ4n) is 2.73. The van der Waals surface area contributed by atoms with Crippen LogP contribution in [-0.4, -0.2) is 23.3 Å². The van der Waals surface area contributed by atoms with Gasteiger partial charge in [-0.15, -0.1) is 0 Å². The van der Waals surface area contributed by atoms with Gasteiger partial charge in [-0.05, 0) is 31.5 Å². The standard InChI is InChI=1S/C15H20ClNO/c1-10-11(2)17(8-7-15(10)18)12(3)13-5-4-6-14(16)9-13/h4-6,9-12H,7-8H2,1-3H3. The van der Waals surface area contributed by atoms with E-state index in [2.05, 4.69) is 24.8 Å². The molecule has 3 heteroatoms. The van der Waals surface area contributed by atoms with E-state index in [0.29, 0.717) is 24.3 Å². The zero-order chi connectivity index (χ0) is 13.3. The second-order valence-electron chi connectivity index (χ2n) is 5.21. The molecule has 1 fully saturated rings. The Kier molecular flexibility index (Phi) is 4.08. The Balaban J connectivity index is 2.18. The Hall–Kier alpha value is -0.860. The van der Waals surface area contributed by atoms with E-state index in [1.807, 2.05) is 25.1 Å². The molecule has 2 nitrogen and oxygen atoms in total. The predicted molar refractivity (Wildman–Crippen MR) is 74.8 cm³/mol. The van der Waals surface area contributed by atoms with Gasteiger partial charge in [0.15, 0.2) is 0 Å². The molecule has 3 atom stereocenters. The van der Waals surface area contributed by atoms with Crippen molar-refractivity contribution in [1.82, 2.24) is 4.90 Å². The third-order valence-electron chi connectivity index (χ3n) is 4.20. The maximum absolute atomic E-state index is 11.7. The van der Waals surface area contributed by atoms with Crippen LogP contribution in [0, 0.1) is 5.92 Å². The lowest BCUT2D eigenvalue weighted by Crippen LogP contribution is -2.47. The van der Waals surface area contributed by atoms with Gasteiger partial charge in [-0.3, -0.25) is 9.69 Å². The van der Waals surface area contributed by atoms with Crippen LogP contribution in [0.25, 0.3) is 0 Å². The molecule has 0 aromatic heterocycles. The average molecular weight is 266 g/mol. The first-order valence-electron chi connectivity index (χ1n) is 6.54. The fourth-order valence-corrected chi connectivity index (χ4v) is 2.93. The lowest BCUT2D eigenvalue weighted by molar-refractivity contribution is -0.128. The van der Waals surface area contributed by atoms with Crippen molar-refractivity contribution in [2.75, 3.05) is 6.54 Å². The number of Topliss-reactive ketones (excluding diaryl/α,β-unsaturated/α-hetero) is 1. The van der Waals surface area contributed by atoms with E-state index in [1.165, 1.54) is 5.56 Å². The lowest BCUT2D eigenvalue weighted by Gasteiger charge is -2.41. The molecule has 0 bridgehead atoms. The Morgan fingerprint density at radius 1 is 1.39 bits per heavy atom. The summed E-state index contributed by atoms with van der Waals surface area (Å²) in [6.07, 6.45) is 0.663. The molecule has 1 aliphatic rings. The first kappa shape index (κ1) is 13.6. The number of carbonyl (C=O) groups excluding carboxylic acids is 1. The van der Waals surface area contributed by atoms with Crippen molar-refractivity contribution in [3.8, 4) is 0 Å². The van der Waals surface area contributed by atoms with Gasteiger partial charge in [0, 0.05) is 36.0 Å². The smallest absolute Gasteiger partial charge is 0.138 e. The van der Waals surface area contributed by atoms with E-state index in [0.717, 1.165) is 11.6 Å². The van der Waals surface area contributed by atoms with Crippen LogP contribution >= 0.6 is 11.6 Å². The summed E-state index contributed by atoms with van der Waals surface area (Å²) in [6.45, 7) is 7.20. The molecule has 1 saturated heterocycles. The van der Waals surface area contributed by atoms with Crippen LogP contribution in [0.4, 0.5) is 0 Å². The largest absolute Gasteiger partial charge is 0.299 e. The highest BCUT2D eigenvalue weighted by molar-refractivity contribution is 6.30. The van der Waals surface area contributed by atoms with Gasteiger partial charge in [0.25, 0.3) is 0 Å². The third-order valence-corrected chi connectivity index (χ3v) is 4.43. The van der Waals surface area contributed by atoms with Crippen LogP contribution < -0.4 is 0 Å². The first-order valence-corrected chi connectivity index (χ1v) is 6.92. The topological polar surface area (TPSA) is 20.3 Å². The number of rotatable bonds is 2. The molecule has 3 unspecified atom stereocenters. The summed E-state index contributed by atoms with van der Waals surface area (Å²) in [4.78, 5) is 14.1. The molecule has 0 radical (unpaired) electrons. The van der Waals surface area contributed by atoms with Crippen molar-refractivity contribution in [3.63, 3.8) is 0 Å². The number of carbonyl (C=O) groups is 1. The summed E-state index contributed by atoms with van der Waals surface area (Å²) in [6, 6.07) is 8.58. The molecule has 0 amide bonds. The molecule has 1 aromatic carbocycles.